The predicted octanol–water partition coefficient (Wildman–Crippen LogP) is 2.94. The van der Waals surface area contributed by atoms with Crippen molar-refractivity contribution < 1.29 is 14.6 Å². The molecule has 1 atom stereocenters. The number of hydrogen-bond donors (Lipinski definition) is 3. The molecule has 2 aromatic rings. The van der Waals surface area contributed by atoms with E-state index < -0.39 is 6.10 Å². The molecule has 2 rings (SSSR count). The summed E-state index contributed by atoms with van der Waals surface area (Å²) in [5.74, 6) is 0.588. The van der Waals surface area contributed by atoms with Crippen LogP contribution in [-0.2, 0) is 6.54 Å². The van der Waals surface area contributed by atoms with E-state index in [1.165, 1.54) is 18.4 Å². The van der Waals surface area contributed by atoms with Crippen LogP contribution in [0.25, 0.3) is 0 Å². The van der Waals surface area contributed by atoms with Crippen LogP contribution in [0.15, 0.2) is 36.4 Å². The first kappa shape index (κ1) is 16.6. The van der Waals surface area contributed by atoms with E-state index in [1.54, 1.807) is 18.2 Å². The van der Waals surface area contributed by atoms with Crippen molar-refractivity contribution in [3.63, 3.8) is 0 Å². The second-order valence-electron chi connectivity index (χ2n) is 4.53. The number of carbonyl (C=O) groups is 1. The Labute approximate surface area is 137 Å². The Morgan fingerprint density at radius 3 is 2.77 bits per heavy atom. The van der Waals surface area contributed by atoms with Gasteiger partial charge in [-0.1, -0.05) is 29.8 Å². The van der Waals surface area contributed by atoms with Gasteiger partial charge in [-0.05, 0) is 18.2 Å². The minimum atomic E-state index is -0.835. The molecule has 0 aliphatic rings. The molecule has 5 nitrogen and oxygen atoms in total. The number of para-hydroxylation sites is 1. The topological polar surface area (TPSA) is 70.6 Å². The number of thiophene rings is 1. The van der Waals surface area contributed by atoms with Crippen LogP contribution in [0, 0.1) is 0 Å². The van der Waals surface area contributed by atoms with Gasteiger partial charge in [0.1, 0.15) is 5.75 Å². The molecule has 0 saturated carbocycles. The van der Waals surface area contributed by atoms with E-state index in [2.05, 4.69) is 10.6 Å². The van der Waals surface area contributed by atoms with Gasteiger partial charge >= 0.3 is 6.03 Å². The minimum absolute atomic E-state index is 0.0946. The largest absolute Gasteiger partial charge is 0.496 e. The molecule has 0 saturated heterocycles. The average molecular weight is 341 g/mol. The third-order valence-corrected chi connectivity index (χ3v) is 4.24. The molecule has 22 heavy (non-hydrogen) atoms. The van der Waals surface area contributed by atoms with Gasteiger partial charge in [-0.3, -0.25) is 0 Å². The van der Waals surface area contributed by atoms with Crippen molar-refractivity contribution in [2.75, 3.05) is 13.7 Å². The van der Waals surface area contributed by atoms with Crippen LogP contribution in [0.4, 0.5) is 4.79 Å². The fourth-order valence-electron chi connectivity index (χ4n) is 1.92. The second kappa shape index (κ2) is 8.03. The van der Waals surface area contributed by atoms with Crippen molar-refractivity contribution in [2.45, 2.75) is 12.6 Å². The number of ether oxygens (including phenoxy) is 1. The Morgan fingerprint density at radius 2 is 2.09 bits per heavy atom. The molecule has 0 spiro atoms. The molecule has 1 unspecified atom stereocenters. The quantitative estimate of drug-likeness (QED) is 0.757. The molecule has 118 valence electrons. The number of urea groups is 1. The molecular weight excluding hydrogens is 324 g/mol. The highest BCUT2D eigenvalue weighted by Crippen LogP contribution is 2.24. The van der Waals surface area contributed by atoms with Gasteiger partial charge in [0.05, 0.1) is 24.1 Å². The molecule has 0 aliphatic heterocycles. The van der Waals surface area contributed by atoms with E-state index in [0.29, 0.717) is 22.2 Å². The zero-order valence-corrected chi connectivity index (χ0v) is 13.6. The zero-order valence-electron chi connectivity index (χ0n) is 12.0. The van der Waals surface area contributed by atoms with Crippen LogP contribution in [0.3, 0.4) is 0 Å². The van der Waals surface area contributed by atoms with Crippen molar-refractivity contribution in [3.05, 3.63) is 51.2 Å². The Balaban J connectivity index is 1.80. The van der Waals surface area contributed by atoms with Crippen molar-refractivity contribution in [1.29, 1.82) is 0 Å². The third kappa shape index (κ3) is 4.62. The van der Waals surface area contributed by atoms with E-state index in [9.17, 15) is 9.90 Å². The van der Waals surface area contributed by atoms with Gasteiger partial charge in [0.2, 0.25) is 0 Å². The number of amides is 2. The lowest BCUT2D eigenvalue weighted by Crippen LogP contribution is -2.37. The van der Waals surface area contributed by atoms with E-state index in [0.717, 1.165) is 4.88 Å². The molecule has 1 heterocycles. The summed E-state index contributed by atoms with van der Waals surface area (Å²) in [6.07, 6.45) is -0.835. The smallest absolute Gasteiger partial charge is 0.315 e. The highest BCUT2D eigenvalue weighted by molar-refractivity contribution is 7.16. The summed E-state index contributed by atoms with van der Waals surface area (Å²) in [6, 6.07) is 10.4. The molecule has 3 N–H and O–H groups in total. The number of rotatable bonds is 6. The standard InChI is InChI=1S/C15H17ClN2O3S/c1-21-13-5-3-2-4-11(13)12(19)9-18-15(20)17-8-10-6-7-14(16)22-10/h2-7,12,19H,8-9H2,1H3,(H2,17,18,20). The van der Waals surface area contributed by atoms with E-state index in [1.807, 2.05) is 18.2 Å². The summed E-state index contributed by atoms with van der Waals surface area (Å²) in [6.45, 7) is 0.491. The molecule has 1 aromatic heterocycles. The average Bonchev–Trinajstić information content (AvgIpc) is 2.96. The van der Waals surface area contributed by atoms with Crippen LogP contribution >= 0.6 is 22.9 Å². The number of benzene rings is 1. The summed E-state index contributed by atoms with van der Waals surface area (Å²) in [5, 5.41) is 15.5. The SMILES string of the molecule is COc1ccccc1C(O)CNC(=O)NCc1ccc(Cl)s1. The third-order valence-electron chi connectivity index (χ3n) is 3.01. The number of nitrogens with one attached hydrogen (secondary N) is 2. The molecule has 0 fully saturated rings. The first-order valence-corrected chi connectivity index (χ1v) is 7.86. The fourth-order valence-corrected chi connectivity index (χ4v) is 2.94. The Hall–Kier alpha value is -1.76. The molecule has 0 radical (unpaired) electrons. The normalized spacial score (nSPS) is 11.8. The van der Waals surface area contributed by atoms with Crippen molar-refractivity contribution in [3.8, 4) is 5.75 Å². The van der Waals surface area contributed by atoms with Gasteiger partial charge in [0.25, 0.3) is 0 Å². The summed E-state index contributed by atoms with van der Waals surface area (Å²) in [7, 11) is 1.54. The molecule has 1 aromatic carbocycles. The second-order valence-corrected chi connectivity index (χ2v) is 6.33. The van der Waals surface area contributed by atoms with Crippen LogP contribution in [0.1, 0.15) is 16.5 Å². The van der Waals surface area contributed by atoms with E-state index in [-0.39, 0.29) is 12.6 Å². The van der Waals surface area contributed by atoms with Gasteiger partial charge in [-0.2, -0.15) is 0 Å². The highest BCUT2D eigenvalue weighted by atomic mass is 35.5. The first-order valence-electron chi connectivity index (χ1n) is 6.67. The van der Waals surface area contributed by atoms with Crippen molar-refractivity contribution in [2.24, 2.45) is 0 Å². The lowest BCUT2D eigenvalue weighted by atomic mass is 10.1. The van der Waals surface area contributed by atoms with Crippen LogP contribution in [0.5, 0.6) is 5.75 Å². The molecular formula is C15H17ClN2O3S. The maximum absolute atomic E-state index is 11.7. The van der Waals surface area contributed by atoms with Gasteiger partial charge in [0, 0.05) is 17.0 Å². The molecule has 7 heteroatoms. The molecule has 2 amide bonds. The van der Waals surface area contributed by atoms with Gasteiger partial charge < -0.3 is 20.5 Å². The number of carbonyl (C=O) groups excluding carboxylic acids is 1. The highest BCUT2D eigenvalue weighted by Gasteiger charge is 2.13. The predicted molar refractivity (Wildman–Crippen MR) is 87.5 cm³/mol. The summed E-state index contributed by atoms with van der Waals surface area (Å²) in [5.41, 5.74) is 0.635. The first-order chi connectivity index (χ1) is 10.6. The number of halogens is 1. The Bertz CT molecular complexity index is 633. The van der Waals surface area contributed by atoms with Crippen molar-refractivity contribution in [1.82, 2.24) is 10.6 Å². The van der Waals surface area contributed by atoms with Gasteiger partial charge in [-0.25, -0.2) is 4.79 Å². The van der Waals surface area contributed by atoms with Crippen LogP contribution in [-0.4, -0.2) is 24.8 Å². The Morgan fingerprint density at radius 1 is 1.32 bits per heavy atom. The Kier molecular flexibility index (Phi) is 6.06. The number of aliphatic hydroxyl groups excluding tert-OH is 1. The van der Waals surface area contributed by atoms with Crippen LogP contribution in [0.2, 0.25) is 4.34 Å². The number of aliphatic hydroxyl groups is 1. The number of methoxy groups -OCH3 is 1. The fraction of sp³-hybridized carbons (Fsp3) is 0.267. The van der Waals surface area contributed by atoms with Crippen molar-refractivity contribution >= 4 is 29.0 Å². The number of hydrogen-bond acceptors (Lipinski definition) is 4. The van der Waals surface area contributed by atoms with Gasteiger partial charge in [-0.15, -0.1) is 11.3 Å². The van der Waals surface area contributed by atoms with E-state index >= 15 is 0 Å². The maximum atomic E-state index is 11.7. The molecule has 0 bridgehead atoms. The summed E-state index contributed by atoms with van der Waals surface area (Å²) < 4.78 is 5.87. The van der Waals surface area contributed by atoms with Gasteiger partial charge in [0.15, 0.2) is 0 Å². The van der Waals surface area contributed by atoms with E-state index in [4.69, 9.17) is 16.3 Å². The minimum Gasteiger partial charge on any atom is -0.496 e. The summed E-state index contributed by atoms with van der Waals surface area (Å²) >= 11 is 7.23. The lowest BCUT2D eigenvalue weighted by Gasteiger charge is -2.15. The monoisotopic (exact) mass is 340 g/mol. The van der Waals surface area contributed by atoms with Crippen LogP contribution < -0.4 is 15.4 Å². The maximum Gasteiger partial charge on any atom is 0.315 e. The molecule has 0 aliphatic carbocycles. The zero-order chi connectivity index (χ0) is 15.9. The lowest BCUT2D eigenvalue weighted by molar-refractivity contribution is 0.169. The summed E-state index contributed by atoms with van der Waals surface area (Å²) in [4.78, 5) is 12.7.